The highest BCUT2D eigenvalue weighted by molar-refractivity contribution is 4.72. The molecule has 0 heterocycles. The molecule has 15 heavy (non-hydrogen) atoms. The third-order valence-electron chi connectivity index (χ3n) is 2.03. The first-order chi connectivity index (χ1) is 7.12. The molecule has 5 nitrogen and oxygen atoms in total. The topological polar surface area (TPSA) is 73.9 Å². The van der Waals surface area contributed by atoms with Gasteiger partial charge in [-0.1, -0.05) is 0 Å². The van der Waals surface area contributed by atoms with Gasteiger partial charge in [0, 0.05) is 26.7 Å². The van der Waals surface area contributed by atoms with Crippen molar-refractivity contribution in [2.75, 3.05) is 46.7 Å². The van der Waals surface area contributed by atoms with Gasteiger partial charge in [-0.3, -0.25) is 0 Å². The fraction of sp³-hybridized carbons (Fsp3) is 1.00. The molecule has 0 saturated carbocycles. The zero-order valence-corrected chi connectivity index (χ0v) is 9.70. The van der Waals surface area contributed by atoms with E-state index in [4.69, 9.17) is 19.9 Å². The van der Waals surface area contributed by atoms with Crippen LogP contribution in [-0.2, 0) is 14.2 Å². The molecule has 0 aromatic rings. The van der Waals surface area contributed by atoms with Crippen LogP contribution in [0.15, 0.2) is 0 Å². The smallest absolute Gasteiger partial charge is 0.0763 e. The summed E-state index contributed by atoms with van der Waals surface area (Å²) in [5.41, 5.74) is 4.54. The van der Waals surface area contributed by atoms with Crippen molar-refractivity contribution in [3.63, 3.8) is 0 Å². The molecule has 0 aliphatic carbocycles. The average molecular weight is 221 g/mol. The number of hydrogen-bond donors (Lipinski definition) is 2. The minimum Gasteiger partial charge on any atom is -0.389 e. The lowest BCUT2D eigenvalue weighted by Gasteiger charge is -2.20. The fourth-order valence-electron chi connectivity index (χ4n) is 0.858. The van der Waals surface area contributed by atoms with Gasteiger partial charge in [-0.25, -0.2) is 0 Å². The molecule has 0 spiro atoms. The van der Waals surface area contributed by atoms with Crippen LogP contribution in [0.4, 0.5) is 0 Å². The van der Waals surface area contributed by atoms with Crippen LogP contribution >= 0.6 is 0 Å². The zero-order chi connectivity index (χ0) is 11.6. The zero-order valence-electron chi connectivity index (χ0n) is 9.70. The van der Waals surface area contributed by atoms with Gasteiger partial charge in [0.1, 0.15) is 0 Å². The first kappa shape index (κ1) is 14.8. The predicted octanol–water partition coefficient (Wildman–Crippen LogP) is -0.234. The Kier molecular flexibility index (Phi) is 8.94. The van der Waals surface area contributed by atoms with Crippen molar-refractivity contribution in [2.45, 2.75) is 18.9 Å². The maximum atomic E-state index is 9.54. The van der Waals surface area contributed by atoms with E-state index in [1.165, 1.54) is 0 Å². The Bertz CT molecular complexity index is 141. The quantitative estimate of drug-likeness (QED) is 0.498. The number of nitrogens with two attached hydrogens (primary N) is 1. The summed E-state index contributed by atoms with van der Waals surface area (Å²) in [6.45, 7) is 4.71. The summed E-state index contributed by atoms with van der Waals surface area (Å²) in [6, 6.07) is 0. The number of methoxy groups -OCH3 is 1. The van der Waals surface area contributed by atoms with Crippen LogP contribution < -0.4 is 5.73 Å². The van der Waals surface area contributed by atoms with Crippen LogP contribution in [0.3, 0.4) is 0 Å². The maximum Gasteiger partial charge on any atom is 0.0763 e. The van der Waals surface area contributed by atoms with Crippen LogP contribution in [0.2, 0.25) is 0 Å². The van der Waals surface area contributed by atoms with Gasteiger partial charge in [-0.15, -0.1) is 0 Å². The van der Waals surface area contributed by atoms with Crippen LogP contribution in [0, 0.1) is 0 Å². The average Bonchev–Trinajstić information content (AvgIpc) is 2.22. The van der Waals surface area contributed by atoms with Crippen molar-refractivity contribution >= 4 is 0 Å². The van der Waals surface area contributed by atoms with Gasteiger partial charge in [-0.2, -0.15) is 0 Å². The first-order valence-electron chi connectivity index (χ1n) is 5.19. The molecule has 0 aromatic heterocycles. The summed E-state index contributed by atoms with van der Waals surface area (Å²) in [4.78, 5) is 0. The van der Waals surface area contributed by atoms with E-state index in [2.05, 4.69) is 0 Å². The van der Waals surface area contributed by atoms with Gasteiger partial charge in [0.25, 0.3) is 0 Å². The summed E-state index contributed by atoms with van der Waals surface area (Å²) in [6.07, 6.45) is 0.543. The molecule has 0 amide bonds. The van der Waals surface area contributed by atoms with E-state index in [-0.39, 0.29) is 6.54 Å². The summed E-state index contributed by atoms with van der Waals surface area (Å²) in [5.74, 6) is 0. The Morgan fingerprint density at radius 3 is 2.13 bits per heavy atom. The Balaban J connectivity index is 3.11. The summed E-state index contributed by atoms with van der Waals surface area (Å²) >= 11 is 0. The maximum absolute atomic E-state index is 9.54. The van der Waals surface area contributed by atoms with E-state index in [1.54, 1.807) is 14.0 Å². The van der Waals surface area contributed by atoms with Gasteiger partial charge in [0.05, 0.1) is 32.0 Å². The third kappa shape index (κ3) is 10.1. The molecular weight excluding hydrogens is 198 g/mol. The van der Waals surface area contributed by atoms with Crippen molar-refractivity contribution in [1.29, 1.82) is 0 Å². The number of rotatable bonds is 10. The van der Waals surface area contributed by atoms with Gasteiger partial charge in [0.15, 0.2) is 0 Å². The van der Waals surface area contributed by atoms with Crippen LogP contribution in [0.25, 0.3) is 0 Å². The summed E-state index contributed by atoms with van der Waals surface area (Å²) in [7, 11) is 1.63. The van der Waals surface area contributed by atoms with E-state index in [9.17, 15) is 5.11 Å². The van der Waals surface area contributed by atoms with E-state index < -0.39 is 5.60 Å². The largest absolute Gasteiger partial charge is 0.389 e. The Labute approximate surface area is 91.5 Å². The molecule has 5 heteroatoms. The first-order valence-corrected chi connectivity index (χ1v) is 5.19. The summed E-state index contributed by atoms with van der Waals surface area (Å²) in [5, 5.41) is 9.54. The number of ether oxygens (including phenoxy) is 3. The van der Waals surface area contributed by atoms with Crippen molar-refractivity contribution in [3.8, 4) is 0 Å². The second-order valence-electron chi connectivity index (χ2n) is 3.67. The highest BCUT2D eigenvalue weighted by Gasteiger charge is 2.16. The molecule has 0 aromatic carbocycles. The minimum atomic E-state index is -0.823. The van der Waals surface area contributed by atoms with Crippen molar-refractivity contribution in [1.82, 2.24) is 0 Å². The standard InChI is InChI=1S/C10H23NO4/c1-10(12,9-11)3-4-14-7-8-15-6-5-13-2/h12H,3-9,11H2,1-2H3. The fourth-order valence-corrected chi connectivity index (χ4v) is 0.858. The van der Waals surface area contributed by atoms with Crippen molar-refractivity contribution < 1.29 is 19.3 Å². The number of aliphatic hydroxyl groups is 1. The molecule has 0 bridgehead atoms. The molecule has 0 aliphatic heterocycles. The van der Waals surface area contributed by atoms with Crippen LogP contribution in [-0.4, -0.2) is 57.4 Å². The van der Waals surface area contributed by atoms with Crippen molar-refractivity contribution in [3.05, 3.63) is 0 Å². The Morgan fingerprint density at radius 2 is 1.60 bits per heavy atom. The lowest BCUT2D eigenvalue weighted by Crippen LogP contribution is -2.35. The second-order valence-corrected chi connectivity index (χ2v) is 3.67. The van der Waals surface area contributed by atoms with E-state index in [1.807, 2.05) is 0 Å². The van der Waals surface area contributed by atoms with Gasteiger partial charge < -0.3 is 25.1 Å². The highest BCUT2D eigenvalue weighted by Crippen LogP contribution is 2.05. The van der Waals surface area contributed by atoms with Crippen LogP contribution in [0.5, 0.6) is 0 Å². The monoisotopic (exact) mass is 221 g/mol. The molecule has 3 N–H and O–H groups in total. The van der Waals surface area contributed by atoms with Gasteiger partial charge in [0.2, 0.25) is 0 Å². The molecule has 1 unspecified atom stereocenters. The molecule has 92 valence electrons. The normalized spacial score (nSPS) is 15.2. The number of hydrogen-bond acceptors (Lipinski definition) is 5. The van der Waals surface area contributed by atoms with E-state index in [0.717, 1.165) is 0 Å². The minimum absolute atomic E-state index is 0.251. The molecule has 0 fully saturated rings. The lowest BCUT2D eigenvalue weighted by molar-refractivity contribution is -0.00407. The van der Waals surface area contributed by atoms with E-state index in [0.29, 0.717) is 39.5 Å². The van der Waals surface area contributed by atoms with Crippen LogP contribution in [0.1, 0.15) is 13.3 Å². The molecule has 0 rings (SSSR count). The predicted molar refractivity (Wildman–Crippen MR) is 57.8 cm³/mol. The molecule has 0 aliphatic rings. The second kappa shape index (κ2) is 9.06. The Hall–Kier alpha value is -0.200. The van der Waals surface area contributed by atoms with E-state index >= 15 is 0 Å². The molecular formula is C10H23NO4. The molecule has 0 saturated heterocycles. The molecule has 1 atom stereocenters. The lowest BCUT2D eigenvalue weighted by atomic mass is 10.0. The molecule has 0 radical (unpaired) electrons. The highest BCUT2D eigenvalue weighted by atomic mass is 16.5. The van der Waals surface area contributed by atoms with Gasteiger partial charge >= 0.3 is 0 Å². The van der Waals surface area contributed by atoms with Gasteiger partial charge in [-0.05, 0) is 6.92 Å². The summed E-state index contributed by atoms with van der Waals surface area (Å²) < 4.78 is 15.3. The SMILES string of the molecule is COCCOCCOCCC(C)(O)CN. The Morgan fingerprint density at radius 1 is 1.07 bits per heavy atom. The third-order valence-corrected chi connectivity index (χ3v) is 2.03. The van der Waals surface area contributed by atoms with Crippen molar-refractivity contribution in [2.24, 2.45) is 5.73 Å².